The van der Waals surface area contributed by atoms with E-state index in [1.54, 1.807) is 28.1 Å². The van der Waals surface area contributed by atoms with E-state index < -0.39 is 11.0 Å². The Hall–Kier alpha value is -3.10. The molecule has 1 heterocycles. The third-order valence-electron chi connectivity index (χ3n) is 4.00. The number of aromatic nitrogens is 2. The van der Waals surface area contributed by atoms with Gasteiger partial charge in [0.2, 0.25) is 5.91 Å². The smallest absolute Gasteiger partial charge is 0.390 e. The molecule has 0 spiro atoms. The molecular formula is C17H22N4O5. The molecule has 1 N–H and O–H groups in total. The second kappa shape index (κ2) is 8.32. The number of nitrogens with zero attached hydrogens (tertiary/aromatic N) is 3. The number of ether oxygens (including phenoxy) is 2. The second-order valence-electron chi connectivity index (χ2n) is 5.75. The van der Waals surface area contributed by atoms with Crippen molar-refractivity contribution < 1.29 is 19.2 Å². The van der Waals surface area contributed by atoms with Crippen LogP contribution in [0, 0.1) is 17.0 Å². The van der Waals surface area contributed by atoms with Gasteiger partial charge in [-0.3, -0.25) is 4.79 Å². The zero-order chi connectivity index (χ0) is 19.3. The molecule has 1 amide bonds. The summed E-state index contributed by atoms with van der Waals surface area (Å²) in [6.07, 6.45) is 0.608. The maximum atomic E-state index is 12.3. The van der Waals surface area contributed by atoms with Gasteiger partial charge in [0.25, 0.3) is 0 Å². The van der Waals surface area contributed by atoms with Crippen molar-refractivity contribution >= 4 is 11.7 Å². The molecule has 1 unspecified atom stereocenters. The minimum absolute atomic E-state index is 0.258. The molecule has 0 aliphatic heterocycles. The topological polar surface area (TPSA) is 109 Å². The maximum Gasteiger partial charge on any atom is 0.390 e. The summed E-state index contributed by atoms with van der Waals surface area (Å²) in [6.45, 7) is 3.74. The van der Waals surface area contributed by atoms with Gasteiger partial charge >= 0.3 is 5.82 Å². The fourth-order valence-corrected chi connectivity index (χ4v) is 2.58. The number of aryl methyl sites for hydroxylation is 1. The molecule has 0 aliphatic rings. The van der Waals surface area contributed by atoms with Crippen molar-refractivity contribution in [2.75, 3.05) is 20.8 Å². The average molecular weight is 362 g/mol. The largest absolute Gasteiger partial charge is 0.493 e. The van der Waals surface area contributed by atoms with Crippen LogP contribution in [0.1, 0.15) is 24.2 Å². The van der Waals surface area contributed by atoms with Crippen LogP contribution in [0.4, 0.5) is 5.82 Å². The predicted octanol–water partition coefficient (Wildman–Crippen LogP) is 2.04. The molecule has 2 aromatic rings. The highest BCUT2D eigenvalue weighted by atomic mass is 16.6. The number of hydrogen-bond donors (Lipinski definition) is 1. The molecule has 9 heteroatoms. The van der Waals surface area contributed by atoms with E-state index in [0.717, 1.165) is 5.56 Å². The van der Waals surface area contributed by atoms with Crippen LogP contribution in [0.25, 0.3) is 0 Å². The highest BCUT2D eigenvalue weighted by Crippen LogP contribution is 2.27. The number of benzene rings is 1. The van der Waals surface area contributed by atoms with Crippen molar-refractivity contribution in [3.8, 4) is 11.5 Å². The van der Waals surface area contributed by atoms with Crippen LogP contribution >= 0.6 is 0 Å². The van der Waals surface area contributed by atoms with Gasteiger partial charge in [-0.05, 0) is 42.9 Å². The summed E-state index contributed by atoms with van der Waals surface area (Å²) < 4.78 is 11.8. The summed E-state index contributed by atoms with van der Waals surface area (Å²) in [7, 11) is 3.14. The van der Waals surface area contributed by atoms with Gasteiger partial charge in [0.05, 0.1) is 31.1 Å². The van der Waals surface area contributed by atoms with Gasteiger partial charge in [0, 0.05) is 6.54 Å². The minimum atomic E-state index is -0.644. The van der Waals surface area contributed by atoms with Crippen molar-refractivity contribution in [1.29, 1.82) is 0 Å². The first-order valence-electron chi connectivity index (χ1n) is 8.06. The molecule has 1 aromatic carbocycles. The summed E-state index contributed by atoms with van der Waals surface area (Å²) in [5, 5.41) is 17.5. The normalized spacial score (nSPS) is 11.7. The number of rotatable bonds is 8. The molecule has 140 valence electrons. The Morgan fingerprint density at radius 3 is 2.58 bits per heavy atom. The SMILES string of the molecule is COc1ccc(CCNC(=O)C(C)n2nc([N+](=O)[O-])cc2C)cc1OC. The van der Waals surface area contributed by atoms with Crippen LogP contribution < -0.4 is 14.8 Å². The minimum Gasteiger partial charge on any atom is -0.493 e. The van der Waals surface area contributed by atoms with Crippen LogP contribution in [-0.4, -0.2) is 41.4 Å². The third kappa shape index (κ3) is 4.29. The molecule has 0 fully saturated rings. The van der Waals surface area contributed by atoms with Gasteiger partial charge in [-0.1, -0.05) is 6.07 Å². The van der Waals surface area contributed by atoms with Gasteiger partial charge in [-0.15, -0.1) is 0 Å². The van der Waals surface area contributed by atoms with Crippen molar-refractivity contribution in [1.82, 2.24) is 15.1 Å². The summed E-state index contributed by atoms with van der Waals surface area (Å²) in [4.78, 5) is 22.5. The predicted molar refractivity (Wildman–Crippen MR) is 94.6 cm³/mol. The molecule has 1 aromatic heterocycles. The standard InChI is InChI=1S/C17H22N4O5/c1-11-9-16(21(23)24)19-20(11)12(2)17(22)18-8-7-13-5-6-14(25-3)15(10-13)26-4/h5-6,9-10,12H,7-8H2,1-4H3,(H,18,22). The fourth-order valence-electron chi connectivity index (χ4n) is 2.58. The number of nitro groups is 1. The Bertz CT molecular complexity index is 802. The van der Waals surface area contributed by atoms with Crippen LogP contribution in [0.15, 0.2) is 24.3 Å². The molecule has 1 atom stereocenters. The highest BCUT2D eigenvalue weighted by molar-refractivity contribution is 5.79. The van der Waals surface area contributed by atoms with Crippen molar-refractivity contribution in [3.05, 3.63) is 45.6 Å². The van der Waals surface area contributed by atoms with E-state index in [4.69, 9.17) is 9.47 Å². The molecule has 0 saturated carbocycles. The number of carbonyl (C=O) groups is 1. The van der Waals surface area contributed by atoms with E-state index in [1.165, 1.54) is 10.7 Å². The van der Waals surface area contributed by atoms with Gasteiger partial charge in [-0.2, -0.15) is 4.68 Å². The summed E-state index contributed by atoms with van der Waals surface area (Å²) >= 11 is 0. The lowest BCUT2D eigenvalue weighted by Crippen LogP contribution is -2.33. The molecular weight excluding hydrogens is 340 g/mol. The van der Waals surface area contributed by atoms with E-state index in [1.807, 2.05) is 18.2 Å². The second-order valence-corrected chi connectivity index (χ2v) is 5.75. The lowest BCUT2D eigenvalue weighted by atomic mass is 10.1. The lowest BCUT2D eigenvalue weighted by Gasteiger charge is -2.12. The molecule has 26 heavy (non-hydrogen) atoms. The van der Waals surface area contributed by atoms with E-state index in [9.17, 15) is 14.9 Å². The Kier molecular flexibility index (Phi) is 6.16. The van der Waals surface area contributed by atoms with E-state index in [2.05, 4.69) is 10.4 Å². The zero-order valence-corrected chi connectivity index (χ0v) is 15.2. The Morgan fingerprint density at radius 2 is 2.00 bits per heavy atom. The summed E-state index contributed by atoms with van der Waals surface area (Å²) in [6, 6.07) is 6.26. The van der Waals surface area contributed by atoms with Crippen LogP contribution in [-0.2, 0) is 11.2 Å². The van der Waals surface area contributed by atoms with Gasteiger partial charge < -0.3 is 24.9 Å². The molecule has 0 radical (unpaired) electrons. The van der Waals surface area contributed by atoms with Crippen molar-refractivity contribution in [2.24, 2.45) is 0 Å². The average Bonchev–Trinajstić information content (AvgIpc) is 3.02. The zero-order valence-electron chi connectivity index (χ0n) is 15.2. The Morgan fingerprint density at radius 1 is 1.31 bits per heavy atom. The molecule has 0 aliphatic carbocycles. The quantitative estimate of drug-likeness (QED) is 0.568. The van der Waals surface area contributed by atoms with E-state index in [-0.39, 0.29) is 11.7 Å². The number of hydrogen-bond acceptors (Lipinski definition) is 6. The summed E-state index contributed by atoms with van der Waals surface area (Å²) in [5.74, 6) is 0.743. The lowest BCUT2D eigenvalue weighted by molar-refractivity contribution is -0.389. The molecule has 0 bridgehead atoms. The molecule has 2 rings (SSSR count). The van der Waals surface area contributed by atoms with Gasteiger partial charge in [-0.25, -0.2) is 0 Å². The van der Waals surface area contributed by atoms with Gasteiger partial charge in [0.1, 0.15) is 6.04 Å². The maximum absolute atomic E-state index is 12.3. The fraction of sp³-hybridized carbons (Fsp3) is 0.412. The number of nitrogens with one attached hydrogen (secondary N) is 1. The Balaban J connectivity index is 1.95. The van der Waals surface area contributed by atoms with Crippen molar-refractivity contribution in [2.45, 2.75) is 26.3 Å². The van der Waals surface area contributed by atoms with E-state index in [0.29, 0.717) is 30.2 Å². The Labute approximate surface area is 151 Å². The third-order valence-corrected chi connectivity index (χ3v) is 4.00. The number of methoxy groups -OCH3 is 2. The number of amides is 1. The number of carbonyl (C=O) groups excluding carboxylic acids is 1. The van der Waals surface area contributed by atoms with Crippen LogP contribution in [0.5, 0.6) is 11.5 Å². The first-order chi connectivity index (χ1) is 12.4. The summed E-state index contributed by atoms with van der Waals surface area (Å²) in [5.41, 5.74) is 1.54. The van der Waals surface area contributed by atoms with Gasteiger partial charge in [0.15, 0.2) is 11.5 Å². The first-order valence-corrected chi connectivity index (χ1v) is 8.06. The molecule has 9 nitrogen and oxygen atoms in total. The first kappa shape index (κ1) is 19.2. The van der Waals surface area contributed by atoms with Crippen LogP contribution in [0.2, 0.25) is 0 Å². The molecule has 0 saturated heterocycles. The highest BCUT2D eigenvalue weighted by Gasteiger charge is 2.24. The van der Waals surface area contributed by atoms with E-state index >= 15 is 0 Å². The van der Waals surface area contributed by atoms with Crippen molar-refractivity contribution in [3.63, 3.8) is 0 Å². The monoisotopic (exact) mass is 362 g/mol. The van der Waals surface area contributed by atoms with Crippen LogP contribution in [0.3, 0.4) is 0 Å².